The highest BCUT2D eigenvalue weighted by Gasteiger charge is 2.38. The number of carbonyl (C=O) groups excluding carboxylic acids is 3. The molecular weight excluding hydrogens is 446 g/mol. The molecule has 2 aliphatic heterocycles. The van der Waals surface area contributed by atoms with Gasteiger partial charge in [0.2, 0.25) is 5.91 Å². The van der Waals surface area contributed by atoms with Crippen LogP contribution in [0.3, 0.4) is 0 Å². The van der Waals surface area contributed by atoms with Gasteiger partial charge in [0, 0.05) is 31.3 Å². The number of hydrogen-bond donors (Lipinski definition) is 0. The highest BCUT2D eigenvalue weighted by molar-refractivity contribution is 5.97. The fourth-order valence-electron chi connectivity index (χ4n) is 5.48. The third kappa shape index (κ3) is 5.26. The van der Waals surface area contributed by atoms with Crippen LogP contribution in [0.5, 0.6) is 0 Å². The van der Waals surface area contributed by atoms with Crippen LogP contribution in [0.25, 0.3) is 11.3 Å². The normalized spacial score (nSPS) is 20.6. The lowest BCUT2D eigenvalue weighted by atomic mass is 9.95. The van der Waals surface area contributed by atoms with Gasteiger partial charge >= 0.3 is 5.97 Å². The zero-order valence-electron chi connectivity index (χ0n) is 21.1. The van der Waals surface area contributed by atoms with Crippen molar-refractivity contribution in [3.05, 3.63) is 40.6 Å². The van der Waals surface area contributed by atoms with E-state index in [-0.39, 0.29) is 29.4 Å². The molecule has 35 heavy (non-hydrogen) atoms. The summed E-state index contributed by atoms with van der Waals surface area (Å²) in [7, 11) is 0. The first-order valence-electron chi connectivity index (χ1n) is 12.6. The first-order valence-corrected chi connectivity index (χ1v) is 12.6. The van der Waals surface area contributed by atoms with Crippen molar-refractivity contribution < 1.29 is 23.6 Å². The lowest BCUT2D eigenvalue weighted by Gasteiger charge is -2.39. The van der Waals surface area contributed by atoms with E-state index in [1.54, 1.807) is 22.8 Å². The zero-order chi connectivity index (χ0) is 25.1. The molecule has 2 aromatic rings. The fraction of sp³-hybridized carbons (Fsp3) is 0.556. The van der Waals surface area contributed by atoms with Crippen LogP contribution in [0.15, 0.2) is 22.7 Å². The van der Waals surface area contributed by atoms with Crippen LogP contribution in [0, 0.1) is 26.7 Å². The molecule has 8 heteroatoms. The number of aromatic nitrogens is 1. The number of esters is 1. The number of carbonyl (C=O) groups is 3. The number of rotatable bonds is 5. The molecule has 2 fully saturated rings. The molecule has 2 atom stereocenters. The van der Waals surface area contributed by atoms with Crippen LogP contribution >= 0.6 is 0 Å². The van der Waals surface area contributed by atoms with Gasteiger partial charge in [-0.25, -0.2) is 0 Å². The summed E-state index contributed by atoms with van der Waals surface area (Å²) in [5, 5.41) is 4.08. The van der Waals surface area contributed by atoms with Crippen LogP contribution in [-0.2, 0) is 14.3 Å². The highest BCUT2D eigenvalue weighted by Crippen LogP contribution is 2.30. The van der Waals surface area contributed by atoms with Gasteiger partial charge in [0.15, 0.2) is 11.5 Å². The monoisotopic (exact) mass is 481 g/mol. The van der Waals surface area contributed by atoms with Crippen molar-refractivity contribution in [3.63, 3.8) is 0 Å². The van der Waals surface area contributed by atoms with E-state index >= 15 is 0 Å². The Kier molecular flexibility index (Phi) is 7.57. The molecule has 0 bridgehead atoms. The second-order valence-corrected chi connectivity index (χ2v) is 9.74. The van der Waals surface area contributed by atoms with Crippen molar-refractivity contribution in [2.45, 2.75) is 65.8 Å². The van der Waals surface area contributed by atoms with Gasteiger partial charge in [-0.1, -0.05) is 22.9 Å². The number of benzene rings is 1. The lowest BCUT2D eigenvalue weighted by molar-refractivity contribution is -0.152. The highest BCUT2D eigenvalue weighted by atomic mass is 16.5. The van der Waals surface area contributed by atoms with Gasteiger partial charge < -0.3 is 19.1 Å². The average Bonchev–Trinajstić information content (AvgIpc) is 3.32. The Hall–Kier alpha value is -3.16. The molecule has 2 aliphatic rings. The van der Waals surface area contributed by atoms with E-state index < -0.39 is 6.04 Å². The van der Waals surface area contributed by atoms with E-state index in [4.69, 9.17) is 9.26 Å². The number of aryl methyl sites for hydroxylation is 3. The molecule has 3 heterocycles. The van der Waals surface area contributed by atoms with Gasteiger partial charge in [-0.15, -0.1) is 0 Å². The second kappa shape index (κ2) is 10.6. The van der Waals surface area contributed by atoms with Crippen LogP contribution in [-0.4, -0.2) is 65.0 Å². The Morgan fingerprint density at radius 1 is 1.03 bits per heavy atom. The minimum absolute atomic E-state index is 0.0963. The fourth-order valence-corrected chi connectivity index (χ4v) is 5.48. The lowest BCUT2D eigenvalue weighted by Crippen LogP contribution is -2.55. The SMILES string of the molecule is CCOC(=O)[C@@H]1CCCN(C(=O)[C@@H]2CCCCN2C(=O)c2cc(-c3c(C)cc(C)cc3C)on2)C1. The maximum Gasteiger partial charge on any atom is 0.310 e. The molecule has 2 amide bonds. The van der Waals surface area contributed by atoms with E-state index in [0.717, 1.165) is 47.9 Å². The Balaban J connectivity index is 1.52. The Bertz CT molecular complexity index is 1080. The molecule has 1 aromatic heterocycles. The predicted octanol–water partition coefficient (Wildman–Crippen LogP) is 4.06. The predicted molar refractivity (Wildman–Crippen MR) is 131 cm³/mol. The van der Waals surface area contributed by atoms with E-state index in [1.807, 2.05) is 20.8 Å². The van der Waals surface area contributed by atoms with Gasteiger partial charge in [0.1, 0.15) is 6.04 Å². The largest absolute Gasteiger partial charge is 0.466 e. The van der Waals surface area contributed by atoms with Crippen molar-refractivity contribution in [1.82, 2.24) is 15.0 Å². The number of piperidine rings is 2. The summed E-state index contributed by atoms with van der Waals surface area (Å²) < 4.78 is 10.8. The summed E-state index contributed by atoms with van der Waals surface area (Å²) >= 11 is 0. The van der Waals surface area contributed by atoms with E-state index in [2.05, 4.69) is 17.3 Å². The van der Waals surface area contributed by atoms with E-state index in [9.17, 15) is 14.4 Å². The zero-order valence-corrected chi connectivity index (χ0v) is 21.1. The molecule has 0 saturated carbocycles. The topological polar surface area (TPSA) is 93.0 Å². The molecule has 0 aliphatic carbocycles. The van der Waals surface area contributed by atoms with Crippen molar-refractivity contribution >= 4 is 17.8 Å². The number of likely N-dealkylation sites (tertiary alicyclic amines) is 2. The molecule has 0 spiro atoms. The van der Waals surface area contributed by atoms with Gasteiger partial charge in [0.25, 0.3) is 5.91 Å². The summed E-state index contributed by atoms with van der Waals surface area (Å²) in [5.41, 5.74) is 4.43. The van der Waals surface area contributed by atoms with Gasteiger partial charge in [-0.2, -0.15) is 0 Å². The van der Waals surface area contributed by atoms with E-state index in [0.29, 0.717) is 38.4 Å². The standard InChI is InChI=1S/C27H35N3O5/c1-5-34-27(33)20-9-8-11-29(16-20)26(32)22-10-6-7-12-30(22)25(31)21-15-23(35-28-21)24-18(3)13-17(2)14-19(24)4/h13-15,20,22H,5-12,16H2,1-4H3/t20-,22+/m1/s1. The molecule has 188 valence electrons. The molecule has 0 N–H and O–H groups in total. The second-order valence-electron chi connectivity index (χ2n) is 9.74. The summed E-state index contributed by atoms with van der Waals surface area (Å²) in [6.07, 6.45) is 3.78. The molecule has 4 rings (SSSR count). The number of ether oxygens (including phenoxy) is 1. The first kappa shape index (κ1) is 24.9. The van der Waals surface area contributed by atoms with Crippen molar-refractivity contribution in [2.75, 3.05) is 26.2 Å². The van der Waals surface area contributed by atoms with Crippen LogP contribution in [0.1, 0.15) is 66.2 Å². The van der Waals surface area contributed by atoms with Gasteiger partial charge in [-0.05, 0) is 70.9 Å². The third-order valence-electron chi connectivity index (χ3n) is 7.05. The third-order valence-corrected chi connectivity index (χ3v) is 7.05. The molecule has 8 nitrogen and oxygen atoms in total. The minimum Gasteiger partial charge on any atom is -0.466 e. The quantitative estimate of drug-likeness (QED) is 0.598. The number of nitrogens with zero attached hydrogens (tertiary/aromatic N) is 3. The van der Waals surface area contributed by atoms with Crippen LogP contribution < -0.4 is 0 Å². The molecule has 2 saturated heterocycles. The van der Waals surface area contributed by atoms with Crippen molar-refractivity contribution in [3.8, 4) is 11.3 Å². The van der Waals surface area contributed by atoms with Gasteiger partial charge in [0.05, 0.1) is 12.5 Å². The Labute approximate surface area is 206 Å². The summed E-state index contributed by atoms with van der Waals surface area (Å²) in [6.45, 7) is 9.62. The maximum absolute atomic E-state index is 13.5. The maximum atomic E-state index is 13.5. The van der Waals surface area contributed by atoms with Crippen LogP contribution in [0.2, 0.25) is 0 Å². The Morgan fingerprint density at radius 3 is 2.49 bits per heavy atom. The van der Waals surface area contributed by atoms with E-state index in [1.165, 1.54) is 0 Å². The van der Waals surface area contributed by atoms with Crippen molar-refractivity contribution in [2.24, 2.45) is 5.92 Å². The summed E-state index contributed by atoms with van der Waals surface area (Å²) in [4.78, 5) is 42.6. The first-order chi connectivity index (χ1) is 16.8. The number of hydrogen-bond acceptors (Lipinski definition) is 6. The molecule has 1 aromatic carbocycles. The summed E-state index contributed by atoms with van der Waals surface area (Å²) in [5.74, 6) is -0.394. The smallest absolute Gasteiger partial charge is 0.310 e. The molecule has 0 unspecified atom stereocenters. The van der Waals surface area contributed by atoms with Crippen molar-refractivity contribution in [1.29, 1.82) is 0 Å². The van der Waals surface area contributed by atoms with Gasteiger partial charge in [-0.3, -0.25) is 14.4 Å². The number of amides is 2. The average molecular weight is 482 g/mol. The van der Waals surface area contributed by atoms with Crippen LogP contribution in [0.4, 0.5) is 0 Å². The summed E-state index contributed by atoms with van der Waals surface area (Å²) in [6, 6.07) is 5.28. The minimum atomic E-state index is -0.555. The molecular formula is C27H35N3O5. The Morgan fingerprint density at radius 2 is 1.77 bits per heavy atom. The molecule has 0 radical (unpaired) electrons.